The maximum absolute atomic E-state index is 6.08. The highest BCUT2D eigenvalue weighted by Gasteiger charge is 2.22. The fraction of sp³-hybridized carbons (Fsp3) is 0.655. The molecule has 0 radical (unpaired) electrons. The fourth-order valence-electron chi connectivity index (χ4n) is 5.63. The molecule has 2 unspecified atom stereocenters. The van der Waals surface area contributed by atoms with Crippen molar-refractivity contribution < 1.29 is 4.74 Å². The van der Waals surface area contributed by atoms with Crippen LogP contribution in [0, 0.1) is 29.6 Å². The Hall–Kier alpha value is -1.50. The molecule has 1 aromatic rings. The molecule has 2 saturated carbocycles. The number of hydrogen-bond acceptors (Lipinski definition) is 1. The summed E-state index contributed by atoms with van der Waals surface area (Å²) in [5, 5.41) is 0. The number of rotatable bonds is 6. The summed E-state index contributed by atoms with van der Waals surface area (Å²) in [6.07, 6.45) is 23.5. The topological polar surface area (TPSA) is 9.23 Å². The van der Waals surface area contributed by atoms with Crippen LogP contribution < -0.4 is 4.74 Å². The first-order valence-corrected chi connectivity index (χ1v) is 12.7. The number of hydrogen-bond donors (Lipinski definition) is 0. The van der Waals surface area contributed by atoms with Gasteiger partial charge in [0.1, 0.15) is 5.75 Å². The largest absolute Gasteiger partial charge is 0.493 e. The fourth-order valence-corrected chi connectivity index (χ4v) is 5.63. The average molecular weight is 407 g/mol. The van der Waals surface area contributed by atoms with Crippen LogP contribution in [0.15, 0.2) is 48.6 Å². The molecule has 0 saturated heterocycles. The van der Waals surface area contributed by atoms with Crippen molar-refractivity contribution in [1.82, 2.24) is 0 Å². The maximum Gasteiger partial charge on any atom is 0.119 e. The zero-order valence-electron chi connectivity index (χ0n) is 19.3. The van der Waals surface area contributed by atoms with Gasteiger partial charge in [0, 0.05) is 5.92 Å². The monoisotopic (exact) mass is 406 g/mol. The first-order valence-electron chi connectivity index (χ1n) is 12.7. The van der Waals surface area contributed by atoms with Crippen LogP contribution in [0.25, 0.3) is 0 Å². The van der Waals surface area contributed by atoms with Gasteiger partial charge in [0.25, 0.3) is 0 Å². The van der Waals surface area contributed by atoms with Crippen molar-refractivity contribution in [3.63, 3.8) is 0 Å². The maximum atomic E-state index is 6.08. The molecule has 3 aliphatic rings. The van der Waals surface area contributed by atoms with E-state index in [1.807, 2.05) is 0 Å². The van der Waals surface area contributed by atoms with Crippen LogP contribution in [-0.2, 0) is 0 Å². The molecule has 1 heteroatoms. The van der Waals surface area contributed by atoms with Gasteiger partial charge in [-0.05, 0) is 98.7 Å². The Balaban J connectivity index is 1.19. The van der Waals surface area contributed by atoms with Crippen molar-refractivity contribution in [2.75, 3.05) is 6.61 Å². The summed E-state index contributed by atoms with van der Waals surface area (Å²) >= 11 is 0. The van der Waals surface area contributed by atoms with E-state index in [-0.39, 0.29) is 0 Å². The second-order valence-electron chi connectivity index (χ2n) is 10.6. The minimum Gasteiger partial charge on any atom is -0.493 e. The SMILES string of the molecule is CC1C=CC(COc2ccc(C3CCC(/C=C/C4CCC(C)CC4)CC3)cc2)CC1. The zero-order valence-corrected chi connectivity index (χ0v) is 19.3. The quantitative estimate of drug-likeness (QED) is 0.431. The Labute approximate surface area is 185 Å². The molecular weight excluding hydrogens is 364 g/mol. The third kappa shape index (κ3) is 6.25. The van der Waals surface area contributed by atoms with Crippen LogP contribution in [0.5, 0.6) is 5.75 Å². The van der Waals surface area contributed by atoms with Gasteiger partial charge in [0.15, 0.2) is 0 Å². The molecule has 1 aromatic carbocycles. The lowest BCUT2D eigenvalue weighted by atomic mass is 9.77. The van der Waals surface area contributed by atoms with Crippen LogP contribution in [0.2, 0.25) is 0 Å². The first-order chi connectivity index (χ1) is 14.7. The molecule has 0 aromatic heterocycles. The number of benzene rings is 1. The zero-order chi connectivity index (χ0) is 20.8. The molecule has 0 amide bonds. The summed E-state index contributed by atoms with van der Waals surface area (Å²) in [7, 11) is 0. The van der Waals surface area contributed by atoms with Crippen LogP contribution in [0.1, 0.15) is 89.5 Å². The molecule has 2 atom stereocenters. The molecule has 4 rings (SSSR count). The van der Waals surface area contributed by atoms with Gasteiger partial charge in [-0.25, -0.2) is 0 Å². The highest BCUT2D eigenvalue weighted by molar-refractivity contribution is 5.30. The molecule has 0 spiro atoms. The van der Waals surface area contributed by atoms with E-state index in [1.165, 1.54) is 69.8 Å². The Bertz CT molecular complexity index is 684. The van der Waals surface area contributed by atoms with Crippen molar-refractivity contribution in [3.8, 4) is 5.75 Å². The van der Waals surface area contributed by atoms with Gasteiger partial charge in [0.05, 0.1) is 6.61 Å². The van der Waals surface area contributed by atoms with Gasteiger partial charge in [-0.2, -0.15) is 0 Å². The molecule has 0 aliphatic heterocycles. The van der Waals surface area contributed by atoms with E-state index in [0.717, 1.165) is 41.9 Å². The minimum atomic E-state index is 0.584. The van der Waals surface area contributed by atoms with E-state index in [4.69, 9.17) is 4.74 Å². The van der Waals surface area contributed by atoms with Crippen molar-refractivity contribution in [1.29, 1.82) is 0 Å². The standard InChI is InChI=1S/C29H42O/c1-22-3-7-24(8-4-22)11-12-25-13-15-27(16-14-25)28-17-19-29(20-18-28)30-21-26-9-5-23(2)6-10-26/h5,9,11-12,17-20,22-27H,3-4,6-8,10,13-16,21H2,1-2H3/b12-11+. The minimum absolute atomic E-state index is 0.584. The normalized spacial score (nSPS) is 34.9. The van der Waals surface area contributed by atoms with E-state index >= 15 is 0 Å². The van der Waals surface area contributed by atoms with Crippen molar-refractivity contribution in [2.45, 2.75) is 84.0 Å². The smallest absolute Gasteiger partial charge is 0.119 e. The number of allylic oxidation sites excluding steroid dienone is 3. The second kappa shape index (κ2) is 10.7. The lowest BCUT2D eigenvalue weighted by Crippen LogP contribution is -2.14. The van der Waals surface area contributed by atoms with Gasteiger partial charge in [0.2, 0.25) is 0 Å². The predicted octanol–water partition coefficient (Wildman–Crippen LogP) is 8.32. The Morgan fingerprint density at radius 2 is 1.37 bits per heavy atom. The summed E-state index contributed by atoms with van der Waals surface area (Å²) in [6.45, 7) is 5.53. The van der Waals surface area contributed by atoms with E-state index in [2.05, 4.69) is 62.4 Å². The molecular formula is C29H42O. The molecule has 2 fully saturated rings. The summed E-state index contributed by atoms with van der Waals surface area (Å²) in [6, 6.07) is 9.03. The lowest BCUT2D eigenvalue weighted by Gasteiger charge is -2.28. The van der Waals surface area contributed by atoms with Gasteiger partial charge < -0.3 is 4.74 Å². The molecule has 1 nitrogen and oxygen atoms in total. The van der Waals surface area contributed by atoms with Crippen molar-refractivity contribution in [3.05, 3.63) is 54.1 Å². The number of ether oxygens (including phenoxy) is 1. The van der Waals surface area contributed by atoms with Gasteiger partial charge >= 0.3 is 0 Å². The highest BCUT2D eigenvalue weighted by Crippen LogP contribution is 2.38. The Morgan fingerprint density at radius 1 is 0.733 bits per heavy atom. The predicted molar refractivity (Wildman–Crippen MR) is 128 cm³/mol. The third-order valence-electron chi connectivity index (χ3n) is 8.01. The molecule has 0 heterocycles. The molecule has 30 heavy (non-hydrogen) atoms. The molecule has 164 valence electrons. The van der Waals surface area contributed by atoms with Gasteiger partial charge in [-0.1, -0.05) is 63.1 Å². The molecule has 0 N–H and O–H groups in total. The van der Waals surface area contributed by atoms with Gasteiger partial charge in [-0.3, -0.25) is 0 Å². The second-order valence-corrected chi connectivity index (χ2v) is 10.6. The van der Waals surface area contributed by atoms with Crippen LogP contribution in [-0.4, -0.2) is 6.61 Å². The van der Waals surface area contributed by atoms with Crippen LogP contribution in [0.3, 0.4) is 0 Å². The summed E-state index contributed by atoms with van der Waals surface area (Å²) in [5.74, 6) is 5.72. The first kappa shape index (κ1) is 21.7. The third-order valence-corrected chi connectivity index (χ3v) is 8.01. The van der Waals surface area contributed by atoms with Gasteiger partial charge in [-0.15, -0.1) is 0 Å². The van der Waals surface area contributed by atoms with Crippen LogP contribution >= 0.6 is 0 Å². The van der Waals surface area contributed by atoms with Crippen molar-refractivity contribution in [2.24, 2.45) is 29.6 Å². The van der Waals surface area contributed by atoms with Crippen LogP contribution in [0.4, 0.5) is 0 Å². The summed E-state index contributed by atoms with van der Waals surface area (Å²) in [5.41, 5.74) is 1.51. The lowest BCUT2D eigenvalue weighted by molar-refractivity contribution is 0.257. The summed E-state index contributed by atoms with van der Waals surface area (Å²) in [4.78, 5) is 0. The molecule has 3 aliphatic carbocycles. The Morgan fingerprint density at radius 3 is 1.97 bits per heavy atom. The van der Waals surface area contributed by atoms with E-state index in [1.54, 1.807) is 0 Å². The molecule has 0 bridgehead atoms. The average Bonchev–Trinajstić information content (AvgIpc) is 2.79. The Kier molecular flexibility index (Phi) is 7.74. The van der Waals surface area contributed by atoms with Crippen molar-refractivity contribution >= 4 is 0 Å². The van der Waals surface area contributed by atoms with E-state index < -0.39 is 0 Å². The highest BCUT2D eigenvalue weighted by atomic mass is 16.5. The van der Waals surface area contributed by atoms with E-state index in [0.29, 0.717) is 5.92 Å². The van der Waals surface area contributed by atoms with E-state index in [9.17, 15) is 0 Å². The summed E-state index contributed by atoms with van der Waals surface area (Å²) < 4.78 is 6.08.